The minimum atomic E-state index is -1.86. The van der Waals surface area contributed by atoms with Crippen molar-refractivity contribution in [1.29, 1.82) is 0 Å². The summed E-state index contributed by atoms with van der Waals surface area (Å²) in [6, 6.07) is 25.2. The Labute approximate surface area is 154 Å². The summed E-state index contributed by atoms with van der Waals surface area (Å²) in [5, 5.41) is 0. The molecule has 0 aromatic heterocycles. The van der Waals surface area contributed by atoms with E-state index in [9.17, 15) is 0 Å². The second kappa shape index (κ2) is 7.15. The first kappa shape index (κ1) is 17.9. The molecule has 3 aromatic carbocycles. The van der Waals surface area contributed by atoms with Crippen molar-refractivity contribution in [3.63, 3.8) is 0 Å². The molecule has 0 saturated carbocycles. The van der Waals surface area contributed by atoms with Crippen molar-refractivity contribution in [3.8, 4) is 0 Å². The van der Waals surface area contributed by atoms with Crippen LogP contribution in [-0.2, 0) is 5.79 Å². The van der Waals surface area contributed by atoms with Gasteiger partial charge in [0.1, 0.15) is 0 Å². The minimum absolute atomic E-state index is 0.821. The molecule has 25 heavy (non-hydrogen) atoms. The van der Waals surface area contributed by atoms with E-state index < -0.39 is 20.4 Å². The standard InChI is InChI=1S/C21H24AsN3/c1-15-9-3-6-12-18(15)22(19-13-7-4-10-16(19)2)20-14-8-5-11-17(20)21(23,24)25/h3-14H,23-25H2,1-2H3. The van der Waals surface area contributed by atoms with Crippen molar-refractivity contribution >= 4 is 27.7 Å². The molecule has 0 radical (unpaired) electrons. The van der Waals surface area contributed by atoms with Crippen LogP contribution in [0.2, 0.25) is 0 Å². The Balaban J connectivity index is 2.31. The van der Waals surface area contributed by atoms with E-state index in [0.29, 0.717) is 0 Å². The molecule has 4 heteroatoms. The van der Waals surface area contributed by atoms with E-state index in [0.717, 1.165) is 5.56 Å². The molecule has 0 spiro atoms. The molecule has 3 nitrogen and oxygen atoms in total. The average Bonchev–Trinajstić information content (AvgIpc) is 2.58. The zero-order valence-electron chi connectivity index (χ0n) is 14.6. The third-order valence-electron chi connectivity index (χ3n) is 4.32. The topological polar surface area (TPSA) is 78.1 Å². The predicted molar refractivity (Wildman–Crippen MR) is 108 cm³/mol. The van der Waals surface area contributed by atoms with Crippen LogP contribution in [0, 0.1) is 13.8 Å². The maximum absolute atomic E-state index is 6.11. The molecule has 3 aromatic rings. The van der Waals surface area contributed by atoms with Crippen molar-refractivity contribution in [2.75, 3.05) is 0 Å². The van der Waals surface area contributed by atoms with Crippen LogP contribution in [0.5, 0.6) is 0 Å². The van der Waals surface area contributed by atoms with E-state index in [1.807, 2.05) is 18.2 Å². The Bertz CT molecular complexity index is 839. The van der Waals surface area contributed by atoms with Gasteiger partial charge < -0.3 is 0 Å². The first-order chi connectivity index (χ1) is 11.9. The zero-order valence-corrected chi connectivity index (χ0v) is 16.5. The molecule has 3 rings (SSSR count). The molecule has 0 saturated heterocycles. The van der Waals surface area contributed by atoms with Gasteiger partial charge in [0.2, 0.25) is 0 Å². The van der Waals surface area contributed by atoms with Gasteiger partial charge in [0.15, 0.2) is 0 Å². The Morgan fingerprint density at radius 3 is 1.44 bits per heavy atom. The van der Waals surface area contributed by atoms with Crippen LogP contribution >= 0.6 is 0 Å². The fraction of sp³-hybridized carbons (Fsp3) is 0.143. The van der Waals surface area contributed by atoms with Crippen LogP contribution in [0.25, 0.3) is 0 Å². The van der Waals surface area contributed by atoms with Crippen LogP contribution in [0.1, 0.15) is 16.7 Å². The van der Waals surface area contributed by atoms with Gasteiger partial charge in [-0.2, -0.15) is 0 Å². The Morgan fingerprint density at radius 1 is 0.600 bits per heavy atom. The fourth-order valence-corrected chi connectivity index (χ4v) is 9.03. The summed E-state index contributed by atoms with van der Waals surface area (Å²) >= 11 is -1.86. The summed E-state index contributed by atoms with van der Waals surface area (Å²) in [5.74, 6) is -1.35. The molecular weight excluding hydrogens is 369 g/mol. The van der Waals surface area contributed by atoms with Crippen molar-refractivity contribution in [2.45, 2.75) is 19.6 Å². The number of aryl methyl sites for hydroxylation is 2. The summed E-state index contributed by atoms with van der Waals surface area (Å²) in [4.78, 5) is 0. The molecule has 0 aliphatic rings. The van der Waals surface area contributed by atoms with Crippen LogP contribution in [-0.4, -0.2) is 14.7 Å². The van der Waals surface area contributed by atoms with E-state index >= 15 is 0 Å². The molecule has 0 atom stereocenters. The van der Waals surface area contributed by atoms with Crippen molar-refractivity contribution in [1.82, 2.24) is 0 Å². The summed E-state index contributed by atoms with van der Waals surface area (Å²) in [6.45, 7) is 4.33. The van der Waals surface area contributed by atoms with Gasteiger partial charge in [-0.1, -0.05) is 0 Å². The van der Waals surface area contributed by atoms with Crippen molar-refractivity contribution in [2.24, 2.45) is 17.2 Å². The number of hydrogen-bond donors (Lipinski definition) is 3. The summed E-state index contributed by atoms with van der Waals surface area (Å²) in [7, 11) is 0. The SMILES string of the molecule is Cc1ccccc1[As](c1ccccc1C)c1ccccc1C(N)(N)N. The summed E-state index contributed by atoms with van der Waals surface area (Å²) < 4.78 is 3.94. The maximum atomic E-state index is 6.11. The average molecular weight is 393 g/mol. The second-order valence-corrected chi connectivity index (χ2v) is 10.8. The van der Waals surface area contributed by atoms with Gasteiger partial charge in [0.05, 0.1) is 0 Å². The van der Waals surface area contributed by atoms with Gasteiger partial charge in [-0.3, -0.25) is 0 Å². The van der Waals surface area contributed by atoms with Crippen LogP contribution in [0.15, 0.2) is 72.8 Å². The summed E-state index contributed by atoms with van der Waals surface area (Å²) in [6.07, 6.45) is 0. The quantitative estimate of drug-likeness (QED) is 0.454. The fourth-order valence-electron chi connectivity index (χ4n) is 3.05. The number of nitrogens with two attached hydrogens (primary N) is 3. The number of benzene rings is 3. The first-order valence-electron chi connectivity index (χ1n) is 8.27. The Morgan fingerprint density at radius 2 is 1.00 bits per heavy atom. The van der Waals surface area contributed by atoms with Crippen LogP contribution < -0.4 is 30.3 Å². The second-order valence-electron chi connectivity index (χ2n) is 6.36. The van der Waals surface area contributed by atoms with E-state index in [-0.39, 0.29) is 0 Å². The van der Waals surface area contributed by atoms with E-state index in [2.05, 4.69) is 68.4 Å². The van der Waals surface area contributed by atoms with Crippen molar-refractivity contribution < 1.29 is 0 Å². The molecule has 6 N–H and O–H groups in total. The van der Waals surface area contributed by atoms with Gasteiger partial charge in [-0.15, -0.1) is 0 Å². The van der Waals surface area contributed by atoms with E-state index in [1.165, 1.54) is 24.2 Å². The van der Waals surface area contributed by atoms with Gasteiger partial charge in [0, 0.05) is 0 Å². The molecule has 0 fully saturated rings. The molecular formula is C21H24AsN3. The number of hydrogen-bond acceptors (Lipinski definition) is 3. The normalized spacial score (nSPS) is 11.8. The van der Waals surface area contributed by atoms with Gasteiger partial charge in [0.25, 0.3) is 0 Å². The molecule has 0 aliphatic carbocycles. The Kier molecular flexibility index (Phi) is 5.12. The van der Waals surface area contributed by atoms with E-state index in [1.54, 1.807) is 0 Å². The monoisotopic (exact) mass is 393 g/mol. The summed E-state index contributed by atoms with van der Waals surface area (Å²) in [5.41, 5.74) is 21.7. The third-order valence-corrected chi connectivity index (χ3v) is 10.3. The van der Waals surface area contributed by atoms with Crippen LogP contribution in [0.4, 0.5) is 0 Å². The number of rotatable bonds is 4. The molecule has 0 aliphatic heterocycles. The molecule has 0 unspecified atom stereocenters. The molecule has 0 bridgehead atoms. The third kappa shape index (κ3) is 3.70. The van der Waals surface area contributed by atoms with Gasteiger partial charge in [-0.25, -0.2) is 0 Å². The molecule has 0 heterocycles. The van der Waals surface area contributed by atoms with E-state index in [4.69, 9.17) is 17.2 Å². The Hall–Kier alpha value is -1.90. The molecule has 0 amide bonds. The van der Waals surface area contributed by atoms with Crippen molar-refractivity contribution in [3.05, 3.63) is 89.5 Å². The molecule has 128 valence electrons. The van der Waals surface area contributed by atoms with Gasteiger partial charge >= 0.3 is 154 Å². The van der Waals surface area contributed by atoms with Gasteiger partial charge in [-0.05, 0) is 0 Å². The first-order valence-corrected chi connectivity index (χ1v) is 11.1. The zero-order chi connectivity index (χ0) is 18.0. The van der Waals surface area contributed by atoms with Crippen LogP contribution in [0.3, 0.4) is 0 Å². The predicted octanol–water partition coefficient (Wildman–Crippen LogP) is 0.806.